The second-order valence-electron chi connectivity index (χ2n) is 5.47. The number of aromatic nitrogens is 1. The maximum Gasteiger partial charge on any atom is 0.243 e. The molecule has 2 aromatic rings. The number of hydrogen-bond acceptors (Lipinski definition) is 3. The minimum absolute atomic E-state index is 0.154. The van der Waals surface area contributed by atoms with Crippen LogP contribution in [-0.2, 0) is 10.0 Å². The average Bonchev–Trinajstić information content (AvgIpc) is 3.01. The first kappa shape index (κ1) is 15.5. The Kier molecular flexibility index (Phi) is 4.21. The molecule has 0 N–H and O–H groups in total. The molecule has 3 rings (SSSR count). The molecule has 116 valence electrons. The van der Waals surface area contributed by atoms with Gasteiger partial charge in [0.25, 0.3) is 0 Å². The lowest BCUT2D eigenvalue weighted by Gasteiger charge is -2.24. The SMILES string of the molecule is Cc1ccc(S(=O)(=O)N2CCCC2c2cccnc2)cc1Cl. The normalized spacial score (nSPS) is 19.5. The van der Waals surface area contributed by atoms with E-state index in [1.54, 1.807) is 28.8 Å². The molecule has 0 radical (unpaired) electrons. The fourth-order valence-corrected chi connectivity index (χ4v) is 4.76. The number of sulfonamides is 1. The van der Waals surface area contributed by atoms with Crippen molar-refractivity contribution in [2.45, 2.75) is 30.7 Å². The number of benzene rings is 1. The molecule has 6 heteroatoms. The van der Waals surface area contributed by atoms with Crippen molar-refractivity contribution >= 4 is 21.6 Å². The van der Waals surface area contributed by atoms with Gasteiger partial charge in [0.05, 0.1) is 10.9 Å². The van der Waals surface area contributed by atoms with E-state index in [2.05, 4.69) is 4.98 Å². The summed E-state index contributed by atoms with van der Waals surface area (Å²) in [7, 11) is -3.55. The quantitative estimate of drug-likeness (QED) is 0.861. The van der Waals surface area contributed by atoms with Crippen molar-refractivity contribution in [2.24, 2.45) is 0 Å². The first-order valence-corrected chi connectivity index (χ1v) is 9.00. The van der Waals surface area contributed by atoms with Gasteiger partial charge in [-0.2, -0.15) is 4.31 Å². The molecule has 0 bridgehead atoms. The van der Waals surface area contributed by atoms with E-state index in [0.29, 0.717) is 11.6 Å². The van der Waals surface area contributed by atoms with E-state index in [9.17, 15) is 8.42 Å². The Bertz CT molecular complexity index is 778. The number of aryl methyl sites for hydroxylation is 1. The fourth-order valence-electron chi connectivity index (χ4n) is 2.80. The molecule has 1 unspecified atom stereocenters. The van der Waals surface area contributed by atoms with Crippen molar-refractivity contribution < 1.29 is 8.42 Å². The molecule has 1 aliphatic rings. The fraction of sp³-hybridized carbons (Fsp3) is 0.312. The predicted octanol–water partition coefficient (Wildman–Crippen LogP) is 3.57. The standard InChI is InChI=1S/C16H17ClN2O2S/c1-12-6-7-14(10-15(12)17)22(20,21)19-9-3-5-16(19)13-4-2-8-18-11-13/h2,4,6-8,10-11,16H,3,5,9H2,1H3. The highest BCUT2D eigenvalue weighted by Gasteiger charge is 2.36. The zero-order valence-electron chi connectivity index (χ0n) is 12.2. The minimum Gasteiger partial charge on any atom is -0.264 e. The van der Waals surface area contributed by atoms with Gasteiger partial charge < -0.3 is 0 Å². The lowest BCUT2D eigenvalue weighted by atomic mass is 10.1. The lowest BCUT2D eigenvalue weighted by molar-refractivity contribution is 0.396. The summed E-state index contributed by atoms with van der Waals surface area (Å²) in [6.07, 6.45) is 5.08. The Morgan fingerprint density at radius 1 is 1.32 bits per heavy atom. The van der Waals surface area contributed by atoms with Crippen LogP contribution in [0.1, 0.15) is 30.0 Å². The molecule has 1 aromatic heterocycles. The van der Waals surface area contributed by atoms with Crippen molar-refractivity contribution in [1.82, 2.24) is 9.29 Å². The zero-order valence-corrected chi connectivity index (χ0v) is 13.8. The summed E-state index contributed by atoms with van der Waals surface area (Å²) in [5.41, 5.74) is 1.80. The summed E-state index contributed by atoms with van der Waals surface area (Å²) in [6, 6.07) is 8.50. The van der Waals surface area contributed by atoms with E-state index in [-0.39, 0.29) is 10.9 Å². The van der Waals surface area contributed by atoms with Crippen molar-refractivity contribution in [3.8, 4) is 0 Å². The Hall–Kier alpha value is -1.43. The largest absolute Gasteiger partial charge is 0.264 e. The van der Waals surface area contributed by atoms with E-state index in [1.807, 2.05) is 19.1 Å². The number of hydrogen-bond donors (Lipinski definition) is 0. The molecule has 1 aliphatic heterocycles. The average molecular weight is 337 g/mol. The number of halogens is 1. The van der Waals surface area contributed by atoms with Crippen LogP contribution in [0, 0.1) is 6.92 Å². The van der Waals surface area contributed by atoms with Crippen LogP contribution in [0.15, 0.2) is 47.6 Å². The Labute approximate surface area is 135 Å². The Morgan fingerprint density at radius 3 is 2.82 bits per heavy atom. The summed E-state index contributed by atoms with van der Waals surface area (Å²) in [4.78, 5) is 4.35. The first-order chi connectivity index (χ1) is 10.5. The van der Waals surface area contributed by atoms with Gasteiger partial charge in [-0.25, -0.2) is 8.42 Å². The van der Waals surface area contributed by atoms with Crippen LogP contribution < -0.4 is 0 Å². The van der Waals surface area contributed by atoms with Gasteiger partial charge in [0.15, 0.2) is 0 Å². The second-order valence-corrected chi connectivity index (χ2v) is 7.77. The molecular formula is C16H17ClN2O2S. The molecule has 1 atom stereocenters. The van der Waals surface area contributed by atoms with Crippen LogP contribution in [0.3, 0.4) is 0 Å². The van der Waals surface area contributed by atoms with Crippen LogP contribution in [-0.4, -0.2) is 24.3 Å². The number of rotatable bonds is 3. The third-order valence-corrected chi connectivity index (χ3v) is 6.33. The molecule has 0 aliphatic carbocycles. The second kappa shape index (κ2) is 5.99. The molecule has 1 aromatic carbocycles. The predicted molar refractivity (Wildman–Crippen MR) is 86.3 cm³/mol. The van der Waals surface area contributed by atoms with Crippen molar-refractivity contribution in [3.05, 3.63) is 58.9 Å². The van der Waals surface area contributed by atoms with Gasteiger partial charge in [0.2, 0.25) is 10.0 Å². The number of pyridine rings is 1. The van der Waals surface area contributed by atoms with Gasteiger partial charge in [0, 0.05) is 24.0 Å². The zero-order chi connectivity index (χ0) is 15.7. The highest BCUT2D eigenvalue weighted by atomic mass is 35.5. The summed E-state index contributed by atoms with van der Waals surface area (Å²) < 4.78 is 27.4. The first-order valence-electron chi connectivity index (χ1n) is 7.18. The van der Waals surface area contributed by atoms with Gasteiger partial charge >= 0.3 is 0 Å². The van der Waals surface area contributed by atoms with Crippen molar-refractivity contribution in [1.29, 1.82) is 0 Å². The molecule has 2 heterocycles. The van der Waals surface area contributed by atoms with Gasteiger partial charge in [-0.15, -0.1) is 0 Å². The Morgan fingerprint density at radius 2 is 2.14 bits per heavy atom. The maximum absolute atomic E-state index is 12.9. The molecule has 0 spiro atoms. The Balaban J connectivity index is 1.99. The van der Waals surface area contributed by atoms with Crippen LogP contribution in [0.2, 0.25) is 5.02 Å². The minimum atomic E-state index is -3.55. The van der Waals surface area contributed by atoms with E-state index < -0.39 is 10.0 Å². The summed E-state index contributed by atoms with van der Waals surface area (Å²) in [6.45, 7) is 2.38. The lowest BCUT2D eigenvalue weighted by Crippen LogP contribution is -2.30. The number of nitrogens with zero attached hydrogens (tertiary/aromatic N) is 2. The van der Waals surface area contributed by atoms with E-state index >= 15 is 0 Å². The molecule has 1 saturated heterocycles. The monoisotopic (exact) mass is 336 g/mol. The molecule has 0 amide bonds. The van der Waals surface area contributed by atoms with Gasteiger partial charge in [-0.05, 0) is 49.1 Å². The van der Waals surface area contributed by atoms with Crippen LogP contribution in [0.4, 0.5) is 0 Å². The van der Waals surface area contributed by atoms with Gasteiger partial charge in [-0.1, -0.05) is 23.7 Å². The topological polar surface area (TPSA) is 50.3 Å². The van der Waals surface area contributed by atoms with Crippen molar-refractivity contribution in [3.63, 3.8) is 0 Å². The molecule has 22 heavy (non-hydrogen) atoms. The van der Waals surface area contributed by atoms with Gasteiger partial charge in [0.1, 0.15) is 0 Å². The summed E-state index contributed by atoms with van der Waals surface area (Å²) in [5, 5.41) is 0.471. The van der Waals surface area contributed by atoms with Crippen LogP contribution in [0.25, 0.3) is 0 Å². The van der Waals surface area contributed by atoms with Crippen molar-refractivity contribution in [2.75, 3.05) is 6.54 Å². The van der Waals surface area contributed by atoms with Crippen LogP contribution in [0.5, 0.6) is 0 Å². The molecular weight excluding hydrogens is 320 g/mol. The third-order valence-electron chi connectivity index (χ3n) is 4.02. The van der Waals surface area contributed by atoms with Crippen LogP contribution >= 0.6 is 11.6 Å². The third kappa shape index (κ3) is 2.76. The summed E-state index contributed by atoms with van der Waals surface area (Å²) in [5.74, 6) is 0. The molecule has 0 saturated carbocycles. The highest BCUT2D eigenvalue weighted by molar-refractivity contribution is 7.89. The molecule has 4 nitrogen and oxygen atoms in total. The summed E-state index contributed by atoms with van der Waals surface area (Å²) >= 11 is 6.09. The highest BCUT2D eigenvalue weighted by Crippen LogP contribution is 2.36. The van der Waals surface area contributed by atoms with E-state index in [1.165, 1.54) is 6.07 Å². The van der Waals surface area contributed by atoms with Gasteiger partial charge in [-0.3, -0.25) is 4.98 Å². The van der Waals surface area contributed by atoms with E-state index in [0.717, 1.165) is 24.0 Å². The molecule has 1 fully saturated rings. The smallest absolute Gasteiger partial charge is 0.243 e. The van der Waals surface area contributed by atoms with E-state index in [4.69, 9.17) is 11.6 Å². The maximum atomic E-state index is 12.9.